The third kappa shape index (κ3) is 14.5. The Hall–Kier alpha value is -0.440. The summed E-state index contributed by atoms with van der Waals surface area (Å²) in [5.41, 5.74) is -0.807. The van der Waals surface area contributed by atoms with Gasteiger partial charge in [-0.1, -0.05) is 0 Å². The first kappa shape index (κ1) is 31.1. The first-order chi connectivity index (χ1) is 18.4. The Labute approximate surface area is 221 Å². The summed E-state index contributed by atoms with van der Waals surface area (Å²) in [6.07, 6.45) is 5.97. The van der Waals surface area contributed by atoms with Crippen LogP contribution in [0.5, 0.6) is 0 Å². The highest BCUT2D eigenvalue weighted by atomic mass is 16.7. The van der Waals surface area contributed by atoms with Gasteiger partial charge in [0.25, 0.3) is 0 Å². The number of hydrogen-bond acceptors (Lipinski definition) is 11. The largest absolute Gasteiger partial charge is 0.377 e. The number of ether oxygens (including phenoxy) is 11. The van der Waals surface area contributed by atoms with Crippen molar-refractivity contribution in [2.75, 3.05) is 112 Å². The smallest absolute Gasteiger partial charge is 0.157 e. The number of hydrogen-bond donors (Lipinski definition) is 0. The third-order valence-electron chi connectivity index (χ3n) is 6.19. The van der Waals surface area contributed by atoms with Gasteiger partial charge in [-0.05, 0) is 38.5 Å². The normalized spacial score (nSPS) is 27.6. The van der Waals surface area contributed by atoms with Crippen LogP contribution in [0.15, 0.2) is 0 Å². The summed E-state index contributed by atoms with van der Waals surface area (Å²) in [5, 5.41) is 0. The van der Waals surface area contributed by atoms with E-state index in [1.165, 1.54) is 0 Å². The van der Waals surface area contributed by atoms with Gasteiger partial charge < -0.3 is 52.1 Å². The minimum absolute atomic E-state index is 0.138. The maximum absolute atomic E-state index is 6.34. The van der Waals surface area contributed by atoms with Crippen molar-refractivity contribution in [3.63, 3.8) is 0 Å². The standard InChI is InChI=1S/C26H48O11/c1-3-7-33-24(5-1)35-18-17-32-23-26(37-20-19-36-25-6-2-4-8-34-25)21-30-15-13-28-11-9-27-10-12-29-14-16-31-22-26/h24-25H,1-23H2. The molecule has 11 nitrogen and oxygen atoms in total. The fraction of sp³-hybridized carbons (Fsp3) is 1.00. The van der Waals surface area contributed by atoms with Crippen LogP contribution in [0.1, 0.15) is 38.5 Å². The molecule has 0 spiro atoms. The number of rotatable bonds is 11. The van der Waals surface area contributed by atoms with Crippen molar-refractivity contribution in [1.82, 2.24) is 0 Å². The zero-order chi connectivity index (χ0) is 25.7. The Morgan fingerprint density at radius 1 is 0.514 bits per heavy atom. The van der Waals surface area contributed by atoms with Crippen LogP contribution in [0.2, 0.25) is 0 Å². The summed E-state index contributed by atoms with van der Waals surface area (Å²) < 4.78 is 63.8. The Morgan fingerprint density at radius 3 is 1.49 bits per heavy atom. The summed E-state index contributed by atoms with van der Waals surface area (Å²) in [6, 6.07) is 0. The molecule has 37 heavy (non-hydrogen) atoms. The van der Waals surface area contributed by atoms with Gasteiger partial charge >= 0.3 is 0 Å². The van der Waals surface area contributed by atoms with Crippen molar-refractivity contribution in [2.45, 2.75) is 56.7 Å². The third-order valence-corrected chi connectivity index (χ3v) is 6.19. The van der Waals surface area contributed by atoms with Gasteiger partial charge in [-0.15, -0.1) is 0 Å². The lowest BCUT2D eigenvalue weighted by Gasteiger charge is -2.34. The molecule has 0 aromatic carbocycles. The molecular weight excluding hydrogens is 488 g/mol. The van der Waals surface area contributed by atoms with E-state index in [2.05, 4.69) is 0 Å². The molecule has 11 heteroatoms. The van der Waals surface area contributed by atoms with E-state index < -0.39 is 5.60 Å². The second kappa shape index (κ2) is 20.5. The summed E-state index contributed by atoms with van der Waals surface area (Å²) in [5.74, 6) is 0. The molecule has 3 aliphatic heterocycles. The van der Waals surface area contributed by atoms with Crippen molar-refractivity contribution < 1.29 is 52.1 Å². The molecule has 0 radical (unpaired) electrons. The topological polar surface area (TPSA) is 102 Å². The Morgan fingerprint density at radius 2 is 1.00 bits per heavy atom. The van der Waals surface area contributed by atoms with Crippen LogP contribution in [0.4, 0.5) is 0 Å². The highest BCUT2D eigenvalue weighted by Gasteiger charge is 2.33. The lowest BCUT2D eigenvalue weighted by molar-refractivity contribution is -0.205. The summed E-state index contributed by atoms with van der Waals surface area (Å²) >= 11 is 0. The second-order valence-electron chi connectivity index (χ2n) is 9.36. The van der Waals surface area contributed by atoms with Crippen LogP contribution in [0.25, 0.3) is 0 Å². The van der Waals surface area contributed by atoms with Gasteiger partial charge in [0.05, 0.1) is 99.1 Å². The van der Waals surface area contributed by atoms with Crippen molar-refractivity contribution in [3.05, 3.63) is 0 Å². The second-order valence-corrected chi connectivity index (χ2v) is 9.36. The predicted molar refractivity (Wildman–Crippen MR) is 133 cm³/mol. The zero-order valence-electron chi connectivity index (χ0n) is 22.4. The molecule has 0 aliphatic carbocycles. The van der Waals surface area contributed by atoms with Gasteiger partial charge in [0.1, 0.15) is 5.60 Å². The average molecular weight is 537 g/mol. The van der Waals surface area contributed by atoms with Crippen LogP contribution in [-0.2, 0) is 52.1 Å². The molecule has 0 aromatic heterocycles. The molecule has 3 saturated heterocycles. The van der Waals surface area contributed by atoms with E-state index in [0.717, 1.165) is 51.7 Å². The van der Waals surface area contributed by atoms with Gasteiger partial charge in [-0.3, -0.25) is 0 Å². The molecule has 0 saturated carbocycles. The van der Waals surface area contributed by atoms with Gasteiger partial charge in [-0.25, -0.2) is 0 Å². The molecule has 2 atom stereocenters. The van der Waals surface area contributed by atoms with Crippen molar-refractivity contribution in [1.29, 1.82) is 0 Å². The van der Waals surface area contributed by atoms with Crippen LogP contribution >= 0.6 is 0 Å². The van der Waals surface area contributed by atoms with Crippen molar-refractivity contribution in [3.8, 4) is 0 Å². The molecule has 218 valence electrons. The minimum atomic E-state index is -0.807. The molecule has 2 unspecified atom stereocenters. The zero-order valence-corrected chi connectivity index (χ0v) is 22.4. The van der Waals surface area contributed by atoms with E-state index in [1.54, 1.807) is 0 Å². The van der Waals surface area contributed by atoms with Crippen molar-refractivity contribution in [2.24, 2.45) is 0 Å². The van der Waals surface area contributed by atoms with E-state index in [0.29, 0.717) is 92.5 Å². The Bertz CT molecular complexity index is 511. The monoisotopic (exact) mass is 536 g/mol. The molecule has 0 bridgehead atoms. The average Bonchev–Trinajstić information content (AvgIpc) is 2.93. The van der Waals surface area contributed by atoms with E-state index in [1.807, 2.05) is 0 Å². The molecule has 0 aromatic rings. The maximum Gasteiger partial charge on any atom is 0.157 e. The molecule has 3 heterocycles. The highest BCUT2D eigenvalue weighted by Crippen LogP contribution is 2.18. The highest BCUT2D eigenvalue weighted by molar-refractivity contribution is 4.81. The summed E-state index contributed by atoms with van der Waals surface area (Å²) in [6.45, 7) is 7.92. The van der Waals surface area contributed by atoms with Crippen LogP contribution in [0.3, 0.4) is 0 Å². The summed E-state index contributed by atoms with van der Waals surface area (Å²) in [4.78, 5) is 0. The van der Waals surface area contributed by atoms with E-state index >= 15 is 0 Å². The van der Waals surface area contributed by atoms with Crippen molar-refractivity contribution >= 4 is 0 Å². The molecule has 0 amide bonds. The SMILES string of the molecule is C1CCC(OCCOCC2(OCCOC3CCCCO3)COCCOCCOCCOCCOC2)OC1. The first-order valence-electron chi connectivity index (χ1n) is 13.9. The fourth-order valence-electron chi connectivity index (χ4n) is 4.16. The minimum Gasteiger partial charge on any atom is -0.377 e. The van der Waals surface area contributed by atoms with E-state index in [9.17, 15) is 0 Å². The van der Waals surface area contributed by atoms with Gasteiger partial charge in [0, 0.05) is 13.2 Å². The van der Waals surface area contributed by atoms with Crippen LogP contribution < -0.4 is 0 Å². The van der Waals surface area contributed by atoms with E-state index in [-0.39, 0.29) is 19.2 Å². The maximum atomic E-state index is 6.34. The van der Waals surface area contributed by atoms with E-state index in [4.69, 9.17) is 52.1 Å². The Kier molecular flexibility index (Phi) is 17.2. The summed E-state index contributed by atoms with van der Waals surface area (Å²) in [7, 11) is 0. The van der Waals surface area contributed by atoms with Crippen LogP contribution in [0, 0.1) is 0 Å². The van der Waals surface area contributed by atoms with Gasteiger partial charge in [0.2, 0.25) is 0 Å². The molecule has 3 fully saturated rings. The predicted octanol–water partition coefficient (Wildman–Crippen LogP) is 1.94. The fourth-order valence-corrected chi connectivity index (χ4v) is 4.16. The van der Waals surface area contributed by atoms with Gasteiger partial charge in [-0.2, -0.15) is 0 Å². The molecular formula is C26H48O11. The molecule has 3 aliphatic rings. The van der Waals surface area contributed by atoms with Gasteiger partial charge in [0.15, 0.2) is 12.6 Å². The molecule has 3 rings (SSSR count). The first-order valence-corrected chi connectivity index (χ1v) is 13.9. The lowest BCUT2D eigenvalue weighted by atomic mass is 10.1. The van der Waals surface area contributed by atoms with Crippen LogP contribution in [-0.4, -0.2) is 130 Å². The quantitative estimate of drug-likeness (QED) is 0.362. The molecule has 0 N–H and O–H groups in total. The Balaban J connectivity index is 1.47. The lowest BCUT2D eigenvalue weighted by Crippen LogP contribution is -2.48.